The van der Waals surface area contributed by atoms with Crippen molar-refractivity contribution in [3.05, 3.63) is 35.4 Å². The van der Waals surface area contributed by atoms with E-state index in [0.29, 0.717) is 5.56 Å². The fraction of sp³-hybridized carbons (Fsp3) is 0.364. The maximum atomic E-state index is 13.2. The quantitative estimate of drug-likeness (QED) is 0.817. The van der Waals surface area contributed by atoms with Crippen LogP contribution in [0.2, 0.25) is 0 Å². The minimum absolute atomic E-state index is 0.225. The third-order valence-corrected chi connectivity index (χ3v) is 2.96. The number of hydrogen-bond acceptors (Lipinski definition) is 1. The number of rotatable bonds is 2. The average molecular weight is 212 g/mol. The number of carboxylic acid groups (broad SMARTS) is 1. The first-order valence-corrected chi connectivity index (χ1v) is 4.59. The summed E-state index contributed by atoms with van der Waals surface area (Å²) in [5.41, 5.74) is -1.17. The summed E-state index contributed by atoms with van der Waals surface area (Å²) in [6.07, 6.45) is -0.597. The molecule has 0 radical (unpaired) electrons. The van der Waals surface area contributed by atoms with Gasteiger partial charge in [0.05, 0.1) is 0 Å². The highest BCUT2D eigenvalue weighted by molar-refractivity contribution is 5.88. The highest BCUT2D eigenvalue weighted by atomic mass is 19.3. The summed E-state index contributed by atoms with van der Waals surface area (Å²) >= 11 is 0. The van der Waals surface area contributed by atoms with E-state index in [9.17, 15) is 13.6 Å². The molecule has 1 aliphatic rings. The van der Waals surface area contributed by atoms with Gasteiger partial charge in [-0.25, -0.2) is 8.78 Å². The molecule has 0 saturated heterocycles. The lowest BCUT2D eigenvalue weighted by Crippen LogP contribution is -2.27. The van der Waals surface area contributed by atoms with Crippen LogP contribution in [0.4, 0.5) is 8.78 Å². The standard InChI is InChI=1S/C11H10F2O2/c1-7-4-2-3-5-8(7)10(9(14)15)6-11(10,12)13/h2-5H,6H2,1H3,(H,14,15)/t10-/m0/s1. The van der Waals surface area contributed by atoms with Crippen molar-refractivity contribution in [2.24, 2.45) is 0 Å². The lowest BCUT2D eigenvalue weighted by molar-refractivity contribution is -0.143. The fourth-order valence-corrected chi connectivity index (χ4v) is 1.98. The van der Waals surface area contributed by atoms with Gasteiger partial charge in [-0.2, -0.15) is 0 Å². The molecular formula is C11H10F2O2. The predicted octanol–water partition coefficient (Wildman–Crippen LogP) is 2.36. The molecule has 0 aliphatic heterocycles. The summed E-state index contributed by atoms with van der Waals surface area (Å²) < 4.78 is 26.4. The van der Waals surface area contributed by atoms with Crippen LogP contribution in [0, 0.1) is 6.92 Å². The van der Waals surface area contributed by atoms with Gasteiger partial charge in [-0.05, 0) is 18.1 Å². The summed E-state index contributed by atoms with van der Waals surface area (Å²) in [5.74, 6) is -4.56. The summed E-state index contributed by atoms with van der Waals surface area (Å²) in [4.78, 5) is 11.0. The maximum Gasteiger partial charge on any atom is 0.320 e. The summed E-state index contributed by atoms with van der Waals surface area (Å²) in [6.45, 7) is 1.65. The van der Waals surface area contributed by atoms with E-state index in [-0.39, 0.29) is 5.56 Å². The Balaban J connectivity index is 2.55. The van der Waals surface area contributed by atoms with E-state index in [2.05, 4.69) is 0 Å². The lowest BCUT2D eigenvalue weighted by Gasteiger charge is -2.14. The van der Waals surface area contributed by atoms with Crippen molar-refractivity contribution in [3.63, 3.8) is 0 Å². The zero-order valence-electron chi connectivity index (χ0n) is 8.13. The molecule has 1 saturated carbocycles. The molecular weight excluding hydrogens is 202 g/mol. The first kappa shape index (κ1) is 10.1. The Bertz CT molecular complexity index is 428. The number of carbonyl (C=O) groups is 1. The fourth-order valence-electron chi connectivity index (χ4n) is 1.98. The van der Waals surface area contributed by atoms with E-state index in [0.717, 1.165) is 0 Å². The largest absolute Gasteiger partial charge is 0.480 e. The summed E-state index contributed by atoms with van der Waals surface area (Å²) in [7, 11) is 0. The second-order valence-electron chi connectivity index (χ2n) is 3.91. The molecule has 1 aliphatic carbocycles. The van der Waals surface area contributed by atoms with E-state index in [1.54, 1.807) is 25.1 Å². The van der Waals surface area contributed by atoms with Crippen LogP contribution in [-0.2, 0) is 10.2 Å². The van der Waals surface area contributed by atoms with Gasteiger partial charge in [-0.1, -0.05) is 24.3 Å². The van der Waals surface area contributed by atoms with Crippen molar-refractivity contribution < 1.29 is 18.7 Å². The number of aliphatic carboxylic acids is 1. The smallest absolute Gasteiger partial charge is 0.320 e. The molecule has 1 aromatic rings. The number of benzene rings is 1. The topological polar surface area (TPSA) is 37.3 Å². The maximum absolute atomic E-state index is 13.2. The minimum atomic E-state index is -3.12. The Labute approximate surface area is 85.5 Å². The molecule has 2 rings (SSSR count). The Morgan fingerprint density at radius 2 is 1.93 bits per heavy atom. The Kier molecular flexibility index (Phi) is 1.87. The number of aryl methyl sites for hydroxylation is 1. The van der Waals surface area contributed by atoms with Crippen LogP contribution in [0.3, 0.4) is 0 Å². The van der Waals surface area contributed by atoms with Crippen LogP contribution < -0.4 is 0 Å². The Morgan fingerprint density at radius 1 is 1.40 bits per heavy atom. The van der Waals surface area contributed by atoms with E-state index < -0.39 is 23.7 Å². The molecule has 1 fully saturated rings. The molecule has 0 aromatic heterocycles. The van der Waals surface area contributed by atoms with Crippen LogP contribution in [0.5, 0.6) is 0 Å². The molecule has 1 atom stereocenters. The van der Waals surface area contributed by atoms with Gasteiger partial charge in [0, 0.05) is 6.42 Å². The predicted molar refractivity (Wildman–Crippen MR) is 50.1 cm³/mol. The number of carboxylic acids is 1. The molecule has 1 aromatic carbocycles. The molecule has 4 heteroatoms. The number of halogens is 2. The SMILES string of the molecule is Cc1ccccc1[C@]1(C(=O)O)CC1(F)F. The normalized spacial score (nSPS) is 27.4. The van der Waals surface area contributed by atoms with Crippen LogP contribution in [0.1, 0.15) is 17.5 Å². The number of hydrogen-bond donors (Lipinski definition) is 1. The van der Waals surface area contributed by atoms with Crippen molar-refractivity contribution in [2.75, 3.05) is 0 Å². The van der Waals surface area contributed by atoms with Crippen LogP contribution in [0.15, 0.2) is 24.3 Å². The van der Waals surface area contributed by atoms with Gasteiger partial charge in [0.1, 0.15) is 0 Å². The van der Waals surface area contributed by atoms with Crippen molar-refractivity contribution in [2.45, 2.75) is 24.7 Å². The highest BCUT2D eigenvalue weighted by Crippen LogP contribution is 2.62. The third-order valence-electron chi connectivity index (χ3n) is 2.96. The van der Waals surface area contributed by atoms with Gasteiger partial charge in [0.25, 0.3) is 5.92 Å². The van der Waals surface area contributed by atoms with Crippen molar-refractivity contribution in [3.8, 4) is 0 Å². The van der Waals surface area contributed by atoms with Gasteiger partial charge in [-0.3, -0.25) is 4.79 Å². The zero-order chi connectivity index (χ0) is 11.3. The summed E-state index contributed by atoms with van der Waals surface area (Å²) in [5, 5.41) is 8.94. The molecule has 0 heterocycles. The molecule has 0 unspecified atom stereocenters. The molecule has 1 N–H and O–H groups in total. The van der Waals surface area contributed by atoms with Crippen LogP contribution in [-0.4, -0.2) is 17.0 Å². The first-order chi connectivity index (χ1) is 6.92. The molecule has 2 nitrogen and oxygen atoms in total. The highest BCUT2D eigenvalue weighted by Gasteiger charge is 2.77. The minimum Gasteiger partial charge on any atom is -0.480 e. The molecule has 15 heavy (non-hydrogen) atoms. The van der Waals surface area contributed by atoms with Crippen molar-refractivity contribution in [1.29, 1.82) is 0 Å². The monoisotopic (exact) mass is 212 g/mol. The van der Waals surface area contributed by atoms with Gasteiger partial charge in [0.2, 0.25) is 0 Å². The third kappa shape index (κ3) is 1.17. The second kappa shape index (κ2) is 2.78. The summed E-state index contributed by atoms with van der Waals surface area (Å²) in [6, 6.07) is 6.40. The zero-order valence-corrected chi connectivity index (χ0v) is 8.13. The molecule has 0 spiro atoms. The van der Waals surface area contributed by atoms with Gasteiger partial charge < -0.3 is 5.11 Å². The van der Waals surface area contributed by atoms with Gasteiger partial charge in [-0.15, -0.1) is 0 Å². The lowest BCUT2D eigenvalue weighted by atomic mass is 9.91. The molecule has 0 amide bonds. The molecule has 0 bridgehead atoms. The van der Waals surface area contributed by atoms with E-state index in [4.69, 9.17) is 5.11 Å². The molecule has 80 valence electrons. The van der Waals surface area contributed by atoms with Crippen LogP contribution in [0.25, 0.3) is 0 Å². The van der Waals surface area contributed by atoms with Gasteiger partial charge in [0.15, 0.2) is 5.41 Å². The van der Waals surface area contributed by atoms with E-state index >= 15 is 0 Å². The first-order valence-electron chi connectivity index (χ1n) is 4.59. The van der Waals surface area contributed by atoms with E-state index in [1.165, 1.54) is 6.07 Å². The van der Waals surface area contributed by atoms with Crippen molar-refractivity contribution in [1.82, 2.24) is 0 Å². The Hall–Kier alpha value is -1.45. The van der Waals surface area contributed by atoms with E-state index in [1.807, 2.05) is 0 Å². The Morgan fingerprint density at radius 3 is 2.33 bits per heavy atom. The average Bonchev–Trinajstić information content (AvgIpc) is 2.71. The number of alkyl halides is 2. The van der Waals surface area contributed by atoms with Crippen LogP contribution >= 0.6 is 0 Å². The second-order valence-corrected chi connectivity index (χ2v) is 3.91. The van der Waals surface area contributed by atoms with Crippen molar-refractivity contribution >= 4 is 5.97 Å². The van der Waals surface area contributed by atoms with Gasteiger partial charge >= 0.3 is 5.97 Å².